The Kier molecular flexibility index (Phi) is 7.93. The van der Waals surface area contributed by atoms with Gasteiger partial charge in [-0.25, -0.2) is 4.39 Å². The molecule has 0 fully saturated rings. The number of nitrogens with one attached hydrogen (secondary N) is 1. The summed E-state index contributed by atoms with van der Waals surface area (Å²) >= 11 is 0. The summed E-state index contributed by atoms with van der Waals surface area (Å²) in [5.41, 5.74) is 3.96. The lowest BCUT2D eigenvalue weighted by Crippen LogP contribution is -2.06. The number of hydrogen-bond acceptors (Lipinski definition) is 4. The number of allylic oxidation sites excluding steroid dienone is 1. The molecular weight excluding hydrogens is 393 g/mol. The summed E-state index contributed by atoms with van der Waals surface area (Å²) in [5.74, 6) is 1.94. The second-order valence-electron chi connectivity index (χ2n) is 7.01. The average molecular weight is 422 g/mol. The van der Waals surface area contributed by atoms with Crippen molar-refractivity contribution in [1.82, 2.24) is 0 Å². The second-order valence-corrected chi connectivity index (χ2v) is 7.01. The fourth-order valence-electron chi connectivity index (χ4n) is 3.21. The Bertz CT molecular complexity index is 985. The summed E-state index contributed by atoms with van der Waals surface area (Å²) in [6.45, 7) is 7.30. The lowest BCUT2D eigenvalue weighted by molar-refractivity contribution is 0.267. The first-order valence-corrected chi connectivity index (χ1v) is 10.3. The molecule has 0 spiro atoms. The molecule has 162 valence electrons. The van der Waals surface area contributed by atoms with Crippen molar-refractivity contribution in [1.29, 1.82) is 0 Å². The number of benzene rings is 3. The van der Waals surface area contributed by atoms with Crippen LogP contribution in [0, 0.1) is 5.82 Å². The number of anilines is 1. The van der Waals surface area contributed by atoms with E-state index in [0.29, 0.717) is 37.7 Å². The lowest BCUT2D eigenvalue weighted by atomic mass is 10.0. The van der Waals surface area contributed by atoms with Crippen molar-refractivity contribution in [3.8, 4) is 17.2 Å². The largest absolute Gasteiger partial charge is 0.497 e. The van der Waals surface area contributed by atoms with Gasteiger partial charge in [-0.15, -0.1) is 6.58 Å². The van der Waals surface area contributed by atoms with Gasteiger partial charge in [0, 0.05) is 17.8 Å². The van der Waals surface area contributed by atoms with Crippen LogP contribution in [0.2, 0.25) is 0 Å². The van der Waals surface area contributed by atoms with Crippen LogP contribution in [0.5, 0.6) is 17.2 Å². The molecule has 0 saturated heterocycles. The van der Waals surface area contributed by atoms with Gasteiger partial charge in [0.1, 0.15) is 18.2 Å². The van der Waals surface area contributed by atoms with Gasteiger partial charge in [0.05, 0.1) is 13.7 Å². The minimum absolute atomic E-state index is 0.264. The monoisotopic (exact) mass is 421 g/mol. The standard InChI is InChI=1S/C26H28FNO3/c1-4-6-21-15-20(17-28-23-11-13-24(29-3)14-12-23)16-25(30-5-2)26(21)31-18-19-7-9-22(27)10-8-19/h4,7-16,28H,1,5-6,17-18H2,2-3H3. The highest BCUT2D eigenvalue weighted by atomic mass is 19.1. The molecule has 3 aromatic rings. The van der Waals surface area contributed by atoms with Gasteiger partial charge < -0.3 is 19.5 Å². The van der Waals surface area contributed by atoms with Crippen LogP contribution in [0.3, 0.4) is 0 Å². The highest BCUT2D eigenvalue weighted by Gasteiger charge is 2.14. The summed E-state index contributed by atoms with van der Waals surface area (Å²) in [6, 6.07) is 18.2. The molecule has 5 heteroatoms. The zero-order chi connectivity index (χ0) is 22.1. The van der Waals surface area contributed by atoms with Crippen molar-refractivity contribution in [3.63, 3.8) is 0 Å². The molecule has 0 aliphatic heterocycles. The normalized spacial score (nSPS) is 10.4. The second kappa shape index (κ2) is 11.1. The highest BCUT2D eigenvalue weighted by Crippen LogP contribution is 2.35. The third kappa shape index (κ3) is 6.25. The van der Waals surface area contributed by atoms with E-state index in [1.807, 2.05) is 43.3 Å². The summed E-state index contributed by atoms with van der Waals surface area (Å²) < 4.78 is 30.4. The van der Waals surface area contributed by atoms with Gasteiger partial charge in [-0.2, -0.15) is 0 Å². The van der Waals surface area contributed by atoms with E-state index in [4.69, 9.17) is 14.2 Å². The Labute approximate surface area is 183 Å². The zero-order valence-corrected chi connectivity index (χ0v) is 18.0. The third-order valence-corrected chi connectivity index (χ3v) is 4.74. The first-order valence-electron chi connectivity index (χ1n) is 10.3. The fraction of sp³-hybridized carbons (Fsp3) is 0.231. The molecule has 0 radical (unpaired) electrons. The Morgan fingerprint density at radius 1 is 0.968 bits per heavy atom. The van der Waals surface area contributed by atoms with Crippen LogP contribution in [0.25, 0.3) is 0 Å². The molecule has 0 atom stereocenters. The molecule has 31 heavy (non-hydrogen) atoms. The molecule has 3 aromatic carbocycles. The maximum absolute atomic E-state index is 13.2. The third-order valence-electron chi connectivity index (χ3n) is 4.74. The highest BCUT2D eigenvalue weighted by molar-refractivity contribution is 5.52. The molecule has 0 aromatic heterocycles. The minimum Gasteiger partial charge on any atom is -0.497 e. The number of methoxy groups -OCH3 is 1. The van der Waals surface area contributed by atoms with E-state index < -0.39 is 0 Å². The smallest absolute Gasteiger partial charge is 0.165 e. The molecular formula is C26H28FNO3. The number of rotatable bonds is 11. The van der Waals surface area contributed by atoms with Crippen LogP contribution in [0.4, 0.5) is 10.1 Å². The summed E-state index contributed by atoms with van der Waals surface area (Å²) in [7, 11) is 1.65. The average Bonchev–Trinajstić information content (AvgIpc) is 2.79. The van der Waals surface area contributed by atoms with Crippen molar-refractivity contribution in [2.45, 2.75) is 26.5 Å². The molecule has 1 N–H and O–H groups in total. The number of ether oxygens (including phenoxy) is 3. The quantitative estimate of drug-likeness (QED) is 0.377. The van der Waals surface area contributed by atoms with E-state index in [-0.39, 0.29) is 5.82 Å². The Morgan fingerprint density at radius 3 is 2.35 bits per heavy atom. The van der Waals surface area contributed by atoms with E-state index in [9.17, 15) is 4.39 Å². The predicted octanol–water partition coefficient (Wildman–Crippen LogP) is 6.15. The molecule has 0 bridgehead atoms. The molecule has 4 nitrogen and oxygen atoms in total. The minimum atomic E-state index is -0.264. The van der Waals surface area contributed by atoms with Gasteiger partial charge in [0.15, 0.2) is 11.5 Å². The maximum Gasteiger partial charge on any atom is 0.165 e. The number of hydrogen-bond donors (Lipinski definition) is 1. The van der Waals surface area contributed by atoms with Crippen LogP contribution in [0.15, 0.2) is 73.3 Å². The SMILES string of the molecule is C=CCc1cc(CNc2ccc(OC)cc2)cc(OCC)c1OCc1ccc(F)cc1. The lowest BCUT2D eigenvalue weighted by Gasteiger charge is -2.18. The van der Waals surface area contributed by atoms with Crippen molar-refractivity contribution >= 4 is 5.69 Å². The van der Waals surface area contributed by atoms with Crippen LogP contribution in [-0.4, -0.2) is 13.7 Å². The molecule has 0 aliphatic rings. The van der Waals surface area contributed by atoms with Crippen molar-refractivity contribution in [2.24, 2.45) is 0 Å². The zero-order valence-electron chi connectivity index (χ0n) is 18.0. The molecule has 0 aliphatic carbocycles. The van der Waals surface area contributed by atoms with Gasteiger partial charge in [-0.1, -0.05) is 18.2 Å². The topological polar surface area (TPSA) is 39.7 Å². The van der Waals surface area contributed by atoms with Crippen molar-refractivity contribution < 1.29 is 18.6 Å². The van der Waals surface area contributed by atoms with Gasteiger partial charge in [-0.05, 0) is 73.0 Å². The first-order chi connectivity index (χ1) is 15.1. The molecule has 0 amide bonds. The fourth-order valence-corrected chi connectivity index (χ4v) is 3.21. The van der Waals surface area contributed by atoms with Crippen molar-refractivity contribution in [2.75, 3.05) is 19.0 Å². The van der Waals surface area contributed by atoms with Gasteiger partial charge in [-0.3, -0.25) is 0 Å². The first kappa shape index (κ1) is 22.2. The van der Waals surface area contributed by atoms with E-state index in [1.54, 1.807) is 19.2 Å². The van der Waals surface area contributed by atoms with Gasteiger partial charge in [0.2, 0.25) is 0 Å². The van der Waals surface area contributed by atoms with Crippen LogP contribution >= 0.6 is 0 Å². The Balaban J connectivity index is 1.80. The maximum atomic E-state index is 13.2. The van der Waals surface area contributed by atoms with E-state index in [1.165, 1.54) is 12.1 Å². The molecule has 3 rings (SSSR count). The van der Waals surface area contributed by atoms with E-state index in [2.05, 4.69) is 18.0 Å². The molecule has 0 heterocycles. The predicted molar refractivity (Wildman–Crippen MR) is 123 cm³/mol. The van der Waals surface area contributed by atoms with Gasteiger partial charge in [0.25, 0.3) is 0 Å². The van der Waals surface area contributed by atoms with E-state index in [0.717, 1.165) is 28.1 Å². The van der Waals surface area contributed by atoms with E-state index >= 15 is 0 Å². The van der Waals surface area contributed by atoms with Crippen LogP contribution in [-0.2, 0) is 19.6 Å². The summed E-state index contributed by atoms with van der Waals surface area (Å²) in [4.78, 5) is 0. The Morgan fingerprint density at radius 2 is 1.71 bits per heavy atom. The van der Waals surface area contributed by atoms with Crippen molar-refractivity contribution in [3.05, 3.63) is 95.8 Å². The van der Waals surface area contributed by atoms with Crippen LogP contribution in [0.1, 0.15) is 23.6 Å². The molecule has 0 unspecified atom stereocenters. The summed E-state index contributed by atoms with van der Waals surface area (Å²) in [5, 5.41) is 3.42. The summed E-state index contributed by atoms with van der Waals surface area (Å²) in [6.07, 6.45) is 2.49. The van der Waals surface area contributed by atoms with Crippen LogP contribution < -0.4 is 19.5 Å². The Hall–Kier alpha value is -3.47. The number of halogens is 1. The van der Waals surface area contributed by atoms with Gasteiger partial charge >= 0.3 is 0 Å². The molecule has 0 saturated carbocycles.